The van der Waals surface area contributed by atoms with Crippen LogP contribution in [0.1, 0.15) is 17.0 Å². The highest BCUT2D eigenvalue weighted by Crippen LogP contribution is 2.23. The van der Waals surface area contributed by atoms with Crippen molar-refractivity contribution in [3.8, 4) is 6.07 Å². The van der Waals surface area contributed by atoms with E-state index >= 15 is 0 Å². The van der Waals surface area contributed by atoms with Gasteiger partial charge >= 0.3 is 0 Å². The molecule has 0 aliphatic carbocycles. The summed E-state index contributed by atoms with van der Waals surface area (Å²) < 4.78 is 0. The van der Waals surface area contributed by atoms with Gasteiger partial charge in [-0.15, -0.1) is 0 Å². The molecule has 0 saturated heterocycles. The Balaban J connectivity index is 2.22. The Hall–Kier alpha value is -2.12. The maximum absolute atomic E-state index is 8.62. The Bertz CT molecular complexity index is 629. The van der Waals surface area contributed by atoms with Crippen LogP contribution in [0.2, 0.25) is 5.15 Å². The van der Waals surface area contributed by atoms with Crippen molar-refractivity contribution in [1.29, 1.82) is 5.26 Å². The van der Waals surface area contributed by atoms with Gasteiger partial charge in [-0.1, -0.05) is 23.7 Å². The highest BCUT2D eigenvalue weighted by atomic mass is 35.5. The zero-order valence-corrected chi connectivity index (χ0v) is 11.5. The average Bonchev–Trinajstić information content (AvgIpc) is 2.38. The second-order valence-corrected chi connectivity index (χ2v) is 4.55. The summed E-state index contributed by atoms with van der Waals surface area (Å²) in [6, 6.07) is 9.68. The molecule has 0 aliphatic heterocycles. The summed E-state index contributed by atoms with van der Waals surface area (Å²) in [4.78, 5) is 8.58. The lowest BCUT2D eigenvalue weighted by atomic mass is 10.1. The largest absolute Gasteiger partial charge is 0.338 e. The summed E-state index contributed by atoms with van der Waals surface area (Å²) in [7, 11) is 0. The molecular formula is C14H13ClN4. The van der Waals surface area contributed by atoms with E-state index in [0.29, 0.717) is 17.4 Å². The first-order valence-electron chi connectivity index (χ1n) is 5.84. The SMILES string of the molecule is Cc1nc(Cl)c(Nc2ccc(CC#N)cc2)nc1C. The predicted octanol–water partition coefficient (Wildman–Crippen LogP) is 3.56. The Morgan fingerprint density at radius 2 is 1.79 bits per heavy atom. The molecule has 1 N–H and O–H groups in total. The first-order valence-corrected chi connectivity index (χ1v) is 6.21. The van der Waals surface area contributed by atoms with E-state index in [1.54, 1.807) is 0 Å². The molecule has 0 fully saturated rings. The summed E-state index contributed by atoms with van der Waals surface area (Å²) in [5.74, 6) is 0.540. The van der Waals surface area contributed by atoms with Crippen LogP contribution in [0.5, 0.6) is 0 Å². The minimum Gasteiger partial charge on any atom is -0.338 e. The van der Waals surface area contributed by atoms with Crippen LogP contribution in [0, 0.1) is 25.2 Å². The second kappa shape index (κ2) is 5.68. The Labute approximate surface area is 117 Å². The maximum Gasteiger partial charge on any atom is 0.172 e. The molecule has 4 nitrogen and oxygen atoms in total. The van der Waals surface area contributed by atoms with Gasteiger partial charge < -0.3 is 5.32 Å². The van der Waals surface area contributed by atoms with Gasteiger partial charge in [-0.3, -0.25) is 0 Å². The van der Waals surface area contributed by atoms with Gasteiger partial charge in [-0.05, 0) is 31.5 Å². The lowest BCUT2D eigenvalue weighted by Gasteiger charge is -2.09. The topological polar surface area (TPSA) is 61.6 Å². The van der Waals surface area contributed by atoms with Crippen molar-refractivity contribution in [1.82, 2.24) is 9.97 Å². The number of aromatic nitrogens is 2. The molecule has 0 bridgehead atoms. The standard InChI is InChI=1S/C14H13ClN4/c1-9-10(2)18-14(13(15)17-9)19-12-5-3-11(4-6-12)7-8-16/h3-6H,7H2,1-2H3,(H,18,19). The third-order valence-corrected chi connectivity index (χ3v) is 3.03. The van der Waals surface area contributed by atoms with Gasteiger partial charge in [0.1, 0.15) is 0 Å². The maximum atomic E-state index is 8.62. The van der Waals surface area contributed by atoms with Crippen molar-refractivity contribution in [2.75, 3.05) is 5.32 Å². The van der Waals surface area contributed by atoms with Crippen molar-refractivity contribution < 1.29 is 0 Å². The van der Waals surface area contributed by atoms with E-state index in [4.69, 9.17) is 16.9 Å². The molecule has 2 aromatic rings. The number of halogens is 1. The van der Waals surface area contributed by atoms with Gasteiger partial charge in [0.25, 0.3) is 0 Å². The van der Waals surface area contributed by atoms with Gasteiger partial charge in [0, 0.05) is 5.69 Å². The number of nitrogens with zero attached hydrogens (tertiary/aromatic N) is 3. The molecule has 0 aliphatic rings. The number of rotatable bonds is 3. The number of anilines is 2. The summed E-state index contributed by atoms with van der Waals surface area (Å²) in [6.07, 6.45) is 0.407. The van der Waals surface area contributed by atoms with Crippen LogP contribution in [0.25, 0.3) is 0 Å². The fourth-order valence-corrected chi connectivity index (χ4v) is 1.81. The van der Waals surface area contributed by atoms with Crippen LogP contribution in [0.15, 0.2) is 24.3 Å². The van der Waals surface area contributed by atoms with Gasteiger partial charge in [-0.2, -0.15) is 5.26 Å². The third-order valence-electron chi connectivity index (χ3n) is 2.76. The monoisotopic (exact) mass is 272 g/mol. The van der Waals surface area contributed by atoms with Crippen LogP contribution in [-0.4, -0.2) is 9.97 Å². The average molecular weight is 273 g/mol. The van der Waals surface area contributed by atoms with E-state index in [0.717, 1.165) is 22.6 Å². The molecule has 5 heteroatoms. The molecule has 0 atom stereocenters. The van der Waals surface area contributed by atoms with Crippen LogP contribution in [0.3, 0.4) is 0 Å². The summed E-state index contributed by atoms with van der Waals surface area (Å²) in [6.45, 7) is 3.76. The molecule has 0 unspecified atom stereocenters. The van der Waals surface area contributed by atoms with E-state index in [-0.39, 0.29) is 0 Å². The Morgan fingerprint density at radius 3 is 2.42 bits per heavy atom. The minimum absolute atomic E-state index is 0.351. The van der Waals surface area contributed by atoms with E-state index in [1.807, 2.05) is 38.1 Å². The fourth-order valence-electron chi connectivity index (χ4n) is 1.59. The quantitative estimate of drug-likeness (QED) is 0.928. The number of benzene rings is 1. The summed E-state index contributed by atoms with van der Waals surface area (Å²) >= 11 is 6.05. The zero-order valence-electron chi connectivity index (χ0n) is 10.7. The number of aryl methyl sites for hydroxylation is 2. The number of hydrogen-bond donors (Lipinski definition) is 1. The summed E-state index contributed by atoms with van der Waals surface area (Å²) in [5.41, 5.74) is 3.50. The van der Waals surface area contributed by atoms with Crippen molar-refractivity contribution in [2.45, 2.75) is 20.3 Å². The Morgan fingerprint density at radius 1 is 1.16 bits per heavy atom. The molecule has 19 heavy (non-hydrogen) atoms. The van der Waals surface area contributed by atoms with E-state index in [9.17, 15) is 0 Å². The van der Waals surface area contributed by atoms with Gasteiger partial charge in [0.2, 0.25) is 0 Å². The van der Waals surface area contributed by atoms with E-state index in [1.165, 1.54) is 0 Å². The molecule has 0 saturated carbocycles. The normalized spacial score (nSPS) is 10.0. The third kappa shape index (κ3) is 3.21. The zero-order chi connectivity index (χ0) is 13.8. The van der Waals surface area contributed by atoms with Crippen molar-refractivity contribution in [3.63, 3.8) is 0 Å². The molecular weight excluding hydrogens is 260 g/mol. The van der Waals surface area contributed by atoms with Crippen LogP contribution >= 0.6 is 11.6 Å². The molecule has 0 amide bonds. The lowest BCUT2D eigenvalue weighted by molar-refractivity contribution is 1.05. The fraction of sp³-hybridized carbons (Fsp3) is 0.214. The molecule has 1 aromatic heterocycles. The number of nitriles is 1. The number of nitrogens with one attached hydrogen (secondary N) is 1. The van der Waals surface area contributed by atoms with Gasteiger partial charge in [0.05, 0.1) is 23.9 Å². The predicted molar refractivity (Wildman–Crippen MR) is 75.6 cm³/mol. The van der Waals surface area contributed by atoms with Crippen LogP contribution in [0.4, 0.5) is 11.5 Å². The minimum atomic E-state index is 0.351. The highest BCUT2D eigenvalue weighted by Gasteiger charge is 2.07. The smallest absolute Gasteiger partial charge is 0.172 e. The molecule has 2 rings (SSSR count). The van der Waals surface area contributed by atoms with Gasteiger partial charge in [0.15, 0.2) is 11.0 Å². The van der Waals surface area contributed by atoms with Crippen molar-refractivity contribution in [3.05, 3.63) is 46.4 Å². The molecule has 96 valence electrons. The first-order chi connectivity index (χ1) is 9.10. The molecule has 1 aromatic carbocycles. The van der Waals surface area contributed by atoms with Gasteiger partial charge in [-0.25, -0.2) is 9.97 Å². The molecule has 0 spiro atoms. The van der Waals surface area contributed by atoms with E-state index < -0.39 is 0 Å². The molecule has 0 radical (unpaired) electrons. The highest BCUT2D eigenvalue weighted by molar-refractivity contribution is 6.31. The Kier molecular flexibility index (Phi) is 3.98. The van der Waals surface area contributed by atoms with Crippen LogP contribution < -0.4 is 5.32 Å². The van der Waals surface area contributed by atoms with Crippen molar-refractivity contribution in [2.24, 2.45) is 0 Å². The summed E-state index contributed by atoms with van der Waals surface area (Å²) in [5, 5.41) is 12.1. The first kappa shape index (κ1) is 13.3. The van der Waals surface area contributed by atoms with Crippen LogP contribution in [-0.2, 0) is 6.42 Å². The lowest BCUT2D eigenvalue weighted by Crippen LogP contribution is -2.00. The van der Waals surface area contributed by atoms with Crippen molar-refractivity contribution >= 4 is 23.1 Å². The molecule has 1 heterocycles. The number of hydrogen-bond acceptors (Lipinski definition) is 4. The van der Waals surface area contributed by atoms with E-state index in [2.05, 4.69) is 21.4 Å². The second-order valence-electron chi connectivity index (χ2n) is 4.19.